The molecule has 2 fully saturated rings. The van der Waals surface area contributed by atoms with Crippen LogP contribution in [0, 0.1) is 10.1 Å². The Morgan fingerprint density at radius 1 is 1.21 bits per heavy atom. The maximum Gasteiger partial charge on any atom is 0.338 e. The van der Waals surface area contributed by atoms with Gasteiger partial charge in [0.15, 0.2) is 6.61 Å². The number of morpholine rings is 1. The van der Waals surface area contributed by atoms with Crippen LogP contribution in [0.25, 0.3) is 0 Å². The fourth-order valence-electron chi connectivity index (χ4n) is 3.71. The van der Waals surface area contributed by atoms with Crippen LogP contribution < -0.4 is 4.90 Å². The molecule has 2 aliphatic rings. The van der Waals surface area contributed by atoms with E-state index in [2.05, 4.69) is 0 Å². The van der Waals surface area contributed by atoms with Crippen molar-refractivity contribution >= 4 is 23.3 Å². The SMILES string of the molecule is CC1CN(C(=O)COC(=O)c2ccc(N3CCCC3)c([N+](=O)[O-])c2)CC(C)O1. The van der Waals surface area contributed by atoms with E-state index in [-0.39, 0.29) is 29.4 Å². The van der Waals surface area contributed by atoms with Crippen LogP contribution in [0.15, 0.2) is 18.2 Å². The molecular weight excluding hydrogens is 366 g/mol. The molecule has 1 amide bonds. The summed E-state index contributed by atoms with van der Waals surface area (Å²) in [6.45, 7) is 5.75. The molecule has 9 nitrogen and oxygen atoms in total. The highest BCUT2D eigenvalue weighted by atomic mass is 16.6. The first kappa shape index (κ1) is 20.1. The Morgan fingerprint density at radius 3 is 2.46 bits per heavy atom. The van der Waals surface area contributed by atoms with Crippen LogP contribution in [0.5, 0.6) is 0 Å². The van der Waals surface area contributed by atoms with Gasteiger partial charge in [-0.05, 0) is 38.8 Å². The Balaban J connectivity index is 1.64. The number of amides is 1. The Morgan fingerprint density at radius 2 is 1.86 bits per heavy atom. The first-order chi connectivity index (χ1) is 13.3. The van der Waals surface area contributed by atoms with Gasteiger partial charge in [-0.3, -0.25) is 14.9 Å². The molecule has 0 radical (unpaired) electrons. The van der Waals surface area contributed by atoms with Crippen molar-refractivity contribution in [3.63, 3.8) is 0 Å². The molecule has 0 bridgehead atoms. The summed E-state index contributed by atoms with van der Waals surface area (Å²) in [6.07, 6.45) is 1.82. The van der Waals surface area contributed by atoms with Gasteiger partial charge in [-0.15, -0.1) is 0 Å². The number of carbonyl (C=O) groups excluding carboxylic acids is 2. The Hall–Kier alpha value is -2.68. The lowest BCUT2D eigenvalue weighted by atomic mass is 10.1. The van der Waals surface area contributed by atoms with Crippen molar-refractivity contribution in [2.45, 2.75) is 38.9 Å². The molecule has 0 saturated carbocycles. The van der Waals surface area contributed by atoms with Gasteiger partial charge in [0.05, 0.1) is 22.7 Å². The van der Waals surface area contributed by atoms with E-state index in [4.69, 9.17) is 9.47 Å². The van der Waals surface area contributed by atoms with Crippen LogP contribution in [-0.2, 0) is 14.3 Å². The second-order valence-electron chi connectivity index (χ2n) is 7.29. The minimum atomic E-state index is -0.751. The van der Waals surface area contributed by atoms with Gasteiger partial charge in [0.25, 0.3) is 11.6 Å². The molecule has 0 N–H and O–H groups in total. The molecule has 2 atom stereocenters. The first-order valence-electron chi connectivity index (χ1n) is 9.49. The zero-order valence-corrected chi connectivity index (χ0v) is 16.1. The number of nitro groups is 1. The lowest BCUT2D eigenvalue weighted by Crippen LogP contribution is -2.49. The van der Waals surface area contributed by atoms with Gasteiger partial charge >= 0.3 is 5.97 Å². The van der Waals surface area contributed by atoms with Gasteiger partial charge in [0, 0.05) is 32.2 Å². The number of rotatable bonds is 5. The monoisotopic (exact) mass is 391 g/mol. The summed E-state index contributed by atoms with van der Waals surface area (Å²) in [5.74, 6) is -1.06. The molecule has 3 rings (SSSR count). The number of esters is 1. The molecule has 2 aliphatic heterocycles. The average molecular weight is 391 g/mol. The molecule has 152 valence electrons. The average Bonchev–Trinajstić information content (AvgIpc) is 3.19. The first-order valence-corrected chi connectivity index (χ1v) is 9.49. The van der Waals surface area contributed by atoms with Gasteiger partial charge in [-0.25, -0.2) is 4.79 Å². The van der Waals surface area contributed by atoms with E-state index in [0.29, 0.717) is 18.8 Å². The van der Waals surface area contributed by atoms with Gasteiger partial charge in [0.1, 0.15) is 5.69 Å². The summed E-state index contributed by atoms with van der Waals surface area (Å²) < 4.78 is 10.7. The summed E-state index contributed by atoms with van der Waals surface area (Å²) in [7, 11) is 0. The zero-order chi connectivity index (χ0) is 20.3. The van der Waals surface area contributed by atoms with Crippen LogP contribution >= 0.6 is 0 Å². The molecule has 2 unspecified atom stereocenters. The molecule has 1 aromatic carbocycles. The van der Waals surface area contributed by atoms with Crippen molar-refractivity contribution in [2.75, 3.05) is 37.7 Å². The molecule has 0 aromatic heterocycles. The number of ether oxygens (including phenoxy) is 2. The summed E-state index contributed by atoms with van der Waals surface area (Å²) in [5.41, 5.74) is 0.441. The molecule has 28 heavy (non-hydrogen) atoms. The zero-order valence-electron chi connectivity index (χ0n) is 16.1. The number of anilines is 1. The lowest BCUT2D eigenvalue weighted by molar-refractivity contribution is -0.384. The van der Waals surface area contributed by atoms with Crippen LogP contribution in [-0.4, -0.2) is 66.7 Å². The van der Waals surface area contributed by atoms with E-state index < -0.39 is 17.5 Å². The molecule has 2 heterocycles. The van der Waals surface area contributed by atoms with Crippen molar-refractivity contribution in [2.24, 2.45) is 0 Å². The van der Waals surface area contributed by atoms with E-state index in [1.165, 1.54) is 12.1 Å². The molecule has 9 heteroatoms. The minimum Gasteiger partial charge on any atom is -0.452 e. The second-order valence-corrected chi connectivity index (χ2v) is 7.29. The van der Waals surface area contributed by atoms with E-state index in [1.54, 1.807) is 11.0 Å². The normalized spacial score (nSPS) is 22.2. The van der Waals surface area contributed by atoms with Crippen molar-refractivity contribution in [3.05, 3.63) is 33.9 Å². The predicted molar refractivity (Wildman–Crippen MR) is 101 cm³/mol. The van der Waals surface area contributed by atoms with E-state index >= 15 is 0 Å². The van der Waals surface area contributed by atoms with E-state index in [1.807, 2.05) is 18.7 Å². The number of benzene rings is 1. The van der Waals surface area contributed by atoms with Gasteiger partial charge in [-0.2, -0.15) is 0 Å². The van der Waals surface area contributed by atoms with Gasteiger partial charge in [0.2, 0.25) is 0 Å². The largest absolute Gasteiger partial charge is 0.452 e. The maximum absolute atomic E-state index is 12.3. The van der Waals surface area contributed by atoms with Crippen LogP contribution in [0.3, 0.4) is 0 Å². The number of nitrogens with zero attached hydrogens (tertiary/aromatic N) is 3. The third-order valence-electron chi connectivity index (χ3n) is 4.95. The van der Waals surface area contributed by atoms with Crippen molar-refractivity contribution in [1.29, 1.82) is 0 Å². The second kappa shape index (κ2) is 8.55. The molecule has 0 aliphatic carbocycles. The Labute approximate surface area is 163 Å². The lowest BCUT2D eigenvalue weighted by Gasteiger charge is -2.35. The molecular formula is C19H25N3O6. The third kappa shape index (κ3) is 4.59. The van der Waals surface area contributed by atoms with Crippen molar-refractivity contribution in [1.82, 2.24) is 4.90 Å². The minimum absolute atomic E-state index is 0.0613. The highest BCUT2D eigenvalue weighted by molar-refractivity contribution is 5.93. The summed E-state index contributed by atoms with van der Waals surface area (Å²) in [5, 5.41) is 11.4. The summed E-state index contributed by atoms with van der Waals surface area (Å²) >= 11 is 0. The number of hydrogen-bond donors (Lipinski definition) is 0. The van der Waals surface area contributed by atoms with Gasteiger partial charge in [-0.1, -0.05) is 0 Å². The van der Waals surface area contributed by atoms with Crippen LogP contribution in [0.1, 0.15) is 37.0 Å². The molecule has 0 spiro atoms. The van der Waals surface area contributed by atoms with Crippen molar-refractivity contribution < 1.29 is 24.0 Å². The van der Waals surface area contributed by atoms with E-state index in [9.17, 15) is 19.7 Å². The fourth-order valence-corrected chi connectivity index (χ4v) is 3.71. The standard InChI is InChI=1S/C19H25N3O6/c1-13-10-21(11-14(2)28-13)18(23)12-27-19(24)15-5-6-16(17(9-15)22(25)26)20-7-3-4-8-20/h5-6,9,13-14H,3-4,7-8,10-12H2,1-2H3. The fraction of sp³-hybridized carbons (Fsp3) is 0.579. The quantitative estimate of drug-likeness (QED) is 0.430. The Kier molecular flexibility index (Phi) is 6.13. The number of carbonyl (C=O) groups is 2. The molecule has 1 aromatic rings. The number of nitro benzene ring substituents is 1. The van der Waals surface area contributed by atoms with Crippen LogP contribution in [0.2, 0.25) is 0 Å². The highest BCUT2D eigenvalue weighted by Crippen LogP contribution is 2.31. The topological polar surface area (TPSA) is 102 Å². The third-order valence-corrected chi connectivity index (χ3v) is 4.95. The maximum atomic E-state index is 12.3. The number of hydrogen-bond acceptors (Lipinski definition) is 7. The highest BCUT2D eigenvalue weighted by Gasteiger charge is 2.27. The Bertz CT molecular complexity index is 752. The smallest absolute Gasteiger partial charge is 0.338 e. The predicted octanol–water partition coefficient (Wildman–Crippen LogP) is 1.99. The summed E-state index contributed by atoms with van der Waals surface area (Å²) in [4.78, 5) is 39.1. The summed E-state index contributed by atoms with van der Waals surface area (Å²) in [6, 6.07) is 4.30. The van der Waals surface area contributed by atoms with Crippen molar-refractivity contribution in [3.8, 4) is 0 Å². The van der Waals surface area contributed by atoms with Gasteiger partial charge < -0.3 is 19.3 Å². The van der Waals surface area contributed by atoms with E-state index in [0.717, 1.165) is 25.9 Å². The molecule has 2 saturated heterocycles. The van der Waals surface area contributed by atoms with Crippen LogP contribution in [0.4, 0.5) is 11.4 Å².